The second-order valence-electron chi connectivity index (χ2n) is 4.43. The number of carbonyl (C=O) groups is 2. The summed E-state index contributed by atoms with van der Waals surface area (Å²) < 4.78 is 0. The number of rotatable bonds is 6. The first kappa shape index (κ1) is 15.4. The van der Waals surface area contributed by atoms with Crippen molar-refractivity contribution in [3.05, 3.63) is 72.3 Å². The van der Waals surface area contributed by atoms with Crippen LogP contribution < -0.4 is 10.6 Å². The average molecular weight is 296 g/mol. The lowest BCUT2D eigenvalue weighted by Gasteiger charge is -2.06. The maximum atomic E-state index is 12.1. The lowest BCUT2D eigenvalue weighted by Crippen LogP contribution is -2.26. The zero-order chi connectivity index (χ0) is 15.8. The van der Waals surface area contributed by atoms with E-state index in [4.69, 9.17) is 0 Å². The molecule has 2 N–H and O–H groups in total. The van der Waals surface area contributed by atoms with E-state index in [1.54, 1.807) is 18.3 Å². The topological polar surface area (TPSA) is 84.0 Å². The van der Waals surface area contributed by atoms with Crippen molar-refractivity contribution < 1.29 is 9.59 Å². The van der Waals surface area contributed by atoms with E-state index in [0.29, 0.717) is 18.7 Å². The molecule has 0 saturated carbocycles. The van der Waals surface area contributed by atoms with E-state index in [1.807, 2.05) is 18.2 Å². The summed E-state index contributed by atoms with van der Waals surface area (Å²) in [6.45, 7) is 4.18. The molecule has 2 rings (SSSR count). The van der Waals surface area contributed by atoms with E-state index in [-0.39, 0.29) is 17.5 Å². The van der Waals surface area contributed by atoms with Crippen molar-refractivity contribution in [2.45, 2.75) is 6.54 Å². The third-order valence-electron chi connectivity index (χ3n) is 2.82. The Morgan fingerprint density at radius 2 is 1.95 bits per heavy atom. The first-order valence-electron chi connectivity index (χ1n) is 6.74. The molecule has 0 aliphatic carbocycles. The van der Waals surface area contributed by atoms with Gasteiger partial charge in [0.25, 0.3) is 11.8 Å². The van der Waals surface area contributed by atoms with Crippen LogP contribution in [0.25, 0.3) is 0 Å². The van der Waals surface area contributed by atoms with Gasteiger partial charge in [-0.05, 0) is 24.3 Å². The number of carbonyl (C=O) groups excluding carboxylic acids is 2. The van der Waals surface area contributed by atoms with E-state index >= 15 is 0 Å². The van der Waals surface area contributed by atoms with Crippen LogP contribution in [0, 0.1) is 0 Å². The van der Waals surface area contributed by atoms with Crippen LogP contribution in [0.3, 0.4) is 0 Å². The number of aromatic nitrogens is 2. The van der Waals surface area contributed by atoms with Gasteiger partial charge in [0.2, 0.25) is 0 Å². The Kier molecular flexibility index (Phi) is 5.37. The lowest BCUT2D eigenvalue weighted by molar-refractivity contribution is 0.0950. The molecule has 2 heterocycles. The van der Waals surface area contributed by atoms with Gasteiger partial charge in [0.1, 0.15) is 5.69 Å². The van der Waals surface area contributed by atoms with Gasteiger partial charge in [0, 0.05) is 24.5 Å². The van der Waals surface area contributed by atoms with Crippen molar-refractivity contribution in [2.24, 2.45) is 0 Å². The summed E-state index contributed by atoms with van der Waals surface area (Å²) in [4.78, 5) is 32.0. The van der Waals surface area contributed by atoms with Crippen molar-refractivity contribution in [2.75, 3.05) is 6.54 Å². The SMILES string of the molecule is C=CCNC(=O)c1cc(C(=O)NCc2ccccn2)ccn1. The minimum absolute atomic E-state index is 0.187. The molecular formula is C16H16N4O2. The molecule has 0 saturated heterocycles. The summed E-state index contributed by atoms with van der Waals surface area (Å²) in [6, 6.07) is 8.48. The normalized spacial score (nSPS) is 9.82. The smallest absolute Gasteiger partial charge is 0.270 e. The summed E-state index contributed by atoms with van der Waals surface area (Å²) in [5.41, 5.74) is 1.32. The molecule has 0 fully saturated rings. The Morgan fingerprint density at radius 3 is 2.68 bits per heavy atom. The molecule has 6 nitrogen and oxygen atoms in total. The lowest BCUT2D eigenvalue weighted by atomic mass is 10.2. The molecule has 0 radical (unpaired) electrons. The Hall–Kier alpha value is -3.02. The number of pyridine rings is 2. The molecule has 0 unspecified atom stereocenters. The molecule has 6 heteroatoms. The van der Waals surface area contributed by atoms with Crippen molar-refractivity contribution in [1.29, 1.82) is 0 Å². The van der Waals surface area contributed by atoms with E-state index < -0.39 is 0 Å². The summed E-state index contributed by atoms with van der Waals surface area (Å²) in [6.07, 6.45) is 4.66. The van der Waals surface area contributed by atoms with Gasteiger partial charge in [-0.2, -0.15) is 0 Å². The van der Waals surface area contributed by atoms with Crippen molar-refractivity contribution >= 4 is 11.8 Å². The van der Waals surface area contributed by atoms with Crippen LogP contribution in [-0.2, 0) is 6.54 Å². The minimum atomic E-state index is -0.348. The fourth-order valence-electron chi connectivity index (χ4n) is 1.73. The van der Waals surface area contributed by atoms with Gasteiger partial charge in [-0.1, -0.05) is 12.1 Å². The highest BCUT2D eigenvalue weighted by Crippen LogP contribution is 2.03. The Morgan fingerprint density at radius 1 is 1.09 bits per heavy atom. The molecule has 0 aromatic carbocycles. The highest BCUT2D eigenvalue weighted by atomic mass is 16.2. The van der Waals surface area contributed by atoms with Gasteiger partial charge in [-0.25, -0.2) is 0 Å². The average Bonchev–Trinajstić information content (AvgIpc) is 2.58. The third-order valence-corrected chi connectivity index (χ3v) is 2.82. The summed E-state index contributed by atoms with van der Waals surface area (Å²) in [5, 5.41) is 5.36. The van der Waals surface area contributed by atoms with Gasteiger partial charge in [0.05, 0.1) is 12.2 Å². The Bertz CT molecular complexity index is 671. The van der Waals surface area contributed by atoms with Gasteiger partial charge in [-0.15, -0.1) is 6.58 Å². The molecule has 2 aromatic rings. The predicted octanol–water partition coefficient (Wildman–Crippen LogP) is 1.32. The monoisotopic (exact) mass is 296 g/mol. The molecule has 0 atom stereocenters. The van der Waals surface area contributed by atoms with Crippen LogP contribution in [0.1, 0.15) is 26.5 Å². The first-order valence-corrected chi connectivity index (χ1v) is 6.74. The van der Waals surface area contributed by atoms with E-state index in [2.05, 4.69) is 27.2 Å². The molecule has 112 valence electrons. The van der Waals surface area contributed by atoms with Crippen LogP contribution in [0.2, 0.25) is 0 Å². The fourth-order valence-corrected chi connectivity index (χ4v) is 1.73. The quantitative estimate of drug-likeness (QED) is 0.788. The van der Waals surface area contributed by atoms with Gasteiger partial charge >= 0.3 is 0 Å². The second kappa shape index (κ2) is 7.68. The molecule has 0 aliphatic rings. The summed E-state index contributed by atoms with van der Waals surface area (Å²) in [5.74, 6) is -0.634. The number of amides is 2. The number of hydrogen-bond acceptors (Lipinski definition) is 4. The van der Waals surface area contributed by atoms with Crippen LogP contribution in [0.15, 0.2) is 55.4 Å². The van der Waals surface area contributed by atoms with E-state index in [1.165, 1.54) is 12.3 Å². The Labute approximate surface area is 128 Å². The van der Waals surface area contributed by atoms with Crippen molar-refractivity contribution in [1.82, 2.24) is 20.6 Å². The van der Waals surface area contributed by atoms with E-state index in [9.17, 15) is 9.59 Å². The minimum Gasteiger partial charge on any atom is -0.347 e. The molecule has 2 amide bonds. The highest BCUT2D eigenvalue weighted by Gasteiger charge is 2.11. The zero-order valence-corrected chi connectivity index (χ0v) is 12.0. The maximum Gasteiger partial charge on any atom is 0.270 e. The van der Waals surface area contributed by atoms with Crippen LogP contribution in [-0.4, -0.2) is 28.3 Å². The first-order chi connectivity index (χ1) is 10.7. The van der Waals surface area contributed by atoms with Gasteiger partial charge in [0.15, 0.2) is 0 Å². The molecule has 0 spiro atoms. The van der Waals surface area contributed by atoms with Crippen molar-refractivity contribution in [3.63, 3.8) is 0 Å². The number of hydrogen-bond donors (Lipinski definition) is 2. The van der Waals surface area contributed by atoms with Crippen molar-refractivity contribution in [3.8, 4) is 0 Å². The zero-order valence-electron chi connectivity index (χ0n) is 12.0. The van der Waals surface area contributed by atoms with Crippen LogP contribution in [0.4, 0.5) is 0 Å². The highest BCUT2D eigenvalue weighted by molar-refractivity contribution is 5.98. The second-order valence-corrected chi connectivity index (χ2v) is 4.43. The molecular weight excluding hydrogens is 280 g/mol. The summed E-state index contributed by atoms with van der Waals surface area (Å²) >= 11 is 0. The van der Waals surface area contributed by atoms with E-state index in [0.717, 1.165) is 5.69 Å². The fraction of sp³-hybridized carbons (Fsp3) is 0.125. The number of nitrogens with one attached hydrogen (secondary N) is 2. The third kappa shape index (κ3) is 4.24. The van der Waals surface area contributed by atoms with Crippen LogP contribution in [0.5, 0.6) is 0 Å². The Balaban J connectivity index is 2.00. The molecule has 0 bridgehead atoms. The predicted molar refractivity (Wildman–Crippen MR) is 82.2 cm³/mol. The summed E-state index contributed by atoms with van der Waals surface area (Å²) in [7, 11) is 0. The van der Waals surface area contributed by atoms with Gasteiger partial charge < -0.3 is 10.6 Å². The molecule has 2 aromatic heterocycles. The number of nitrogens with zero attached hydrogens (tertiary/aromatic N) is 2. The van der Waals surface area contributed by atoms with Crippen LogP contribution >= 0.6 is 0 Å². The van der Waals surface area contributed by atoms with Gasteiger partial charge in [-0.3, -0.25) is 19.6 Å². The maximum absolute atomic E-state index is 12.1. The molecule has 22 heavy (non-hydrogen) atoms. The molecule has 0 aliphatic heterocycles. The largest absolute Gasteiger partial charge is 0.347 e. The standard InChI is InChI=1S/C16H16N4O2/c1-2-7-19-16(22)14-10-12(6-9-18-14)15(21)20-11-13-5-3-4-8-17-13/h2-6,8-10H,1,7,11H2,(H,19,22)(H,20,21).